The van der Waals surface area contributed by atoms with Gasteiger partial charge in [0, 0.05) is 12.3 Å². The first-order valence-corrected chi connectivity index (χ1v) is 5.77. The second kappa shape index (κ2) is 3.65. The third kappa shape index (κ3) is 2.17. The lowest BCUT2D eigenvalue weighted by Gasteiger charge is -2.20. The van der Waals surface area contributed by atoms with E-state index < -0.39 is 0 Å². The van der Waals surface area contributed by atoms with Crippen LogP contribution in [0, 0.1) is 5.92 Å². The van der Waals surface area contributed by atoms with Gasteiger partial charge in [-0.05, 0) is 46.0 Å². The molecule has 0 amide bonds. The number of rotatable bonds is 2. The van der Waals surface area contributed by atoms with Crippen LogP contribution >= 0.6 is 0 Å². The molecule has 2 heteroatoms. The van der Waals surface area contributed by atoms with Crippen LogP contribution in [-0.2, 0) is 9.53 Å². The van der Waals surface area contributed by atoms with Gasteiger partial charge in [-0.3, -0.25) is 4.79 Å². The van der Waals surface area contributed by atoms with Gasteiger partial charge in [-0.2, -0.15) is 0 Å². The Labute approximate surface area is 86.0 Å². The Balaban J connectivity index is 1.84. The Hall–Kier alpha value is -0.370. The van der Waals surface area contributed by atoms with Crippen molar-refractivity contribution in [1.29, 1.82) is 0 Å². The fourth-order valence-corrected chi connectivity index (χ4v) is 2.70. The molecule has 0 spiro atoms. The molecular weight excluding hydrogens is 176 g/mol. The van der Waals surface area contributed by atoms with E-state index in [9.17, 15) is 4.79 Å². The number of ketones is 1. The van der Waals surface area contributed by atoms with Crippen LogP contribution in [0.1, 0.15) is 52.4 Å². The van der Waals surface area contributed by atoms with Gasteiger partial charge in [0.25, 0.3) is 0 Å². The van der Waals surface area contributed by atoms with Crippen molar-refractivity contribution in [3.8, 4) is 0 Å². The first kappa shape index (κ1) is 10.2. The molecule has 80 valence electrons. The standard InChI is InChI=1S/C12H20O2/c1-12(2)7-6-10(14-12)8-9-4-3-5-11(9)13/h9-10H,3-8H2,1-2H3. The molecule has 1 saturated carbocycles. The summed E-state index contributed by atoms with van der Waals surface area (Å²) in [4.78, 5) is 11.5. The summed E-state index contributed by atoms with van der Waals surface area (Å²) in [6.07, 6.45) is 6.59. The number of hydrogen-bond acceptors (Lipinski definition) is 2. The molecule has 0 aromatic heterocycles. The molecule has 2 nitrogen and oxygen atoms in total. The van der Waals surface area contributed by atoms with Crippen molar-refractivity contribution >= 4 is 5.78 Å². The van der Waals surface area contributed by atoms with Crippen LogP contribution in [0.4, 0.5) is 0 Å². The molecule has 0 radical (unpaired) electrons. The third-order valence-electron chi connectivity index (χ3n) is 3.53. The van der Waals surface area contributed by atoms with Crippen molar-refractivity contribution in [3.05, 3.63) is 0 Å². The van der Waals surface area contributed by atoms with Crippen LogP contribution in [-0.4, -0.2) is 17.5 Å². The molecule has 1 saturated heterocycles. The van der Waals surface area contributed by atoms with Crippen LogP contribution in [0.25, 0.3) is 0 Å². The maximum Gasteiger partial charge on any atom is 0.136 e. The minimum atomic E-state index is 0.0479. The van der Waals surface area contributed by atoms with Crippen LogP contribution < -0.4 is 0 Å². The molecule has 1 aliphatic heterocycles. The maximum absolute atomic E-state index is 11.5. The van der Waals surface area contributed by atoms with Gasteiger partial charge in [0.15, 0.2) is 0 Å². The predicted octanol–water partition coefficient (Wildman–Crippen LogP) is 2.70. The fourth-order valence-electron chi connectivity index (χ4n) is 2.70. The Morgan fingerprint density at radius 3 is 2.71 bits per heavy atom. The van der Waals surface area contributed by atoms with Crippen LogP contribution in [0.15, 0.2) is 0 Å². The Bertz CT molecular complexity index is 232. The Morgan fingerprint density at radius 1 is 1.43 bits per heavy atom. The van der Waals surface area contributed by atoms with E-state index in [1.165, 1.54) is 0 Å². The summed E-state index contributed by atoms with van der Waals surface area (Å²) in [6, 6.07) is 0. The second-order valence-corrected chi connectivity index (χ2v) is 5.33. The van der Waals surface area contributed by atoms with Gasteiger partial charge in [-0.15, -0.1) is 0 Å². The minimum absolute atomic E-state index is 0.0479. The molecule has 2 rings (SSSR count). The molecule has 2 unspecified atom stereocenters. The zero-order valence-corrected chi connectivity index (χ0v) is 9.21. The highest BCUT2D eigenvalue weighted by atomic mass is 16.5. The van der Waals surface area contributed by atoms with Crippen molar-refractivity contribution < 1.29 is 9.53 Å². The smallest absolute Gasteiger partial charge is 0.136 e. The number of hydrogen-bond donors (Lipinski definition) is 0. The zero-order valence-electron chi connectivity index (χ0n) is 9.21. The van der Waals surface area contributed by atoms with E-state index in [-0.39, 0.29) is 5.60 Å². The summed E-state index contributed by atoms with van der Waals surface area (Å²) < 4.78 is 5.91. The number of Topliss-reactive ketones (excluding diaryl/α,β-unsaturated/α-hetero) is 1. The summed E-state index contributed by atoms with van der Waals surface area (Å²) in [5.74, 6) is 0.784. The van der Waals surface area contributed by atoms with E-state index in [2.05, 4.69) is 13.8 Å². The van der Waals surface area contributed by atoms with Gasteiger partial charge in [0.1, 0.15) is 5.78 Å². The molecule has 14 heavy (non-hydrogen) atoms. The van der Waals surface area contributed by atoms with Gasteiger partial charge in [0.05, 0.1) is 11.7 Å². The normalized spacial score (nSPS) is 36.6. The minimum Gasteiger partial charge on any atom is -0.372 e. The maximum atomic E-state index is 11.5. The third-order valence-corrected chi connectivity index (χ3v) is 3.53. The van der Waals surface area contributed by atoms with Gasteiger partial charge in [0.2, 0.25) is 0 Å². The highest BCUT2D eigenvalue weighted by Gasteiger charge is 2.35. The SMILES string of the molecule is CC1(C)CCC(CC2CCCC2=O)O1. The fraction of sp³-hybridized carbons (Fsp3) is 0.917. The van der Waals surface area contributed by atoms with E-state index in [4.69, 9.17) is 4.74 Å². The van der Waals surface area contributed by atoms with Crippen molar-refractivity contribution in [3.63, 3.8) is 0 Å². The zero-order chi connectivity index (χ0) is 10.2. The van der Waals surface area contributed by atoms with Crippen molar-refractivity contribution in [2.45, 2.75) is 64.1 Å². The second-order valence-electron chi connectivity index (χ2n) is 5.33. The molecule has 2 aliphatic rings. The molecular formula is C12H20O2. The van der Waals surface area contributed by atoms with Gasteiger partial charge >= 0.3 is 0 Å². The molecule has 1 heterocycles. The van der Waals surface area contributed by atoms with Crippen molar-refractivity contribution in [2.24, 2.45) is 5.92 Å². The topological polar surface area (TPSA) is 26.3 Å². The molecule has 0 aromatic carbocycles. The first-order valence-electron chi connectivity index (χ1n) is 5.77. The van der Waals surface area contributed by atoms with Crippen LogP contribution in [0.2, 0.25) is 0 Å². The van der Waals surface area contributed by atoms with Gasteiger partial charge in [-0.25, -0.2) is 0 Å². The number of carbonyl (C=O) groups is 1. The predicted molar refractivity (Wildman–Crippen MR) is 55.2 cm³/mol. The quantitative estimate of drug-likeness (QED) is 0.678. The molecule has 0 aromatic rings. The highest BCUT2D eigenvalue weighted by molar-refractivity contribution is 5.82. The van der Waals surface area contributed by atoms with E-state index in [1.807, 2.05) is 0 Å². The molecule has 2 fully saturated rings. The monoisotopic (exact) mass is 196 g/mol. The largest absolute Gasteiger partial charge is 0.372 e. The highest BCUT2D eigenvalue weighted by Crippen LogP contribution is 2.35. The van der Waals surface area contributed by atoms with E-state index in [0.29, 0.717) is 17.8 Å². The summed E-state index contributed by atoms with van der Waals surface area (Å²) >= 11 is 0. The van der Waals surface area contributed by atoms with Crippen LogP contribution in [0.3, 0.4) is 0 Å². The lowest BCUT2D eigenvalue weighted by Crippen LogP contribution is -2.22. The van der Waals surface area contributed by atoms with Gasteiger partial charge < -0.3 is 4.74 Å². The first-order chi connectivity index (χ1) is 6.57. The van der Waals surface area contributed by atoms with E-state index in [1.54, 1.807) is 0 Å². The average molecular weight is 196 g/mol. The Morgan fingerprint density at radius 2 is 2.21 bits per heavy atom. The summed E-state index contributed by atoms with van der Waals surface area (Å²) in [7, 11) is 0. The number of ether oxygens (including phenoxy) is 1. The van der Waals surface area contributed by atoms with E-state index >= 15 is 0 Å². The lowest BCUT2D eigenvalue weighted by atomic mass is 9.97. The summed E-state index contributed by atoms with van der Waals surface area (Å²) in [6.45, 7) is 4.28. The average Bonchev–Trinajstić information content (AvgIpc) is 2.61. The molecule has 0 bridgehead atoms. The molecule has 0 N–H and O–H groups in total. The molecule has 2 atom stereocenters. The Kier molecular flexibility index (Phi) is 2.65. The van der Waals surface area contributed by atoms with Gasteiger partial charge in [-0.1, -0.05) is 0 Å². The summed E-state index contributed by atoms with van der Waals surface area (Å²) in [5.41, 5.74) is 0.0479. The van der Waals surface area contributed by atoms with Crippen LogP contribution in [0.5, 0.6) is 0 Å². The number of carbonyl (C=O) groups excluding carboxylic acids is 1. The lowest BCUT2D eigenvalue weighted by molar-refractivity contribution is -0.122. The molecule has 1 aliphatic carbocycles. The van der Waals surface area contributed by atoms with E-state index in [0.717, 1.165) is 38.5 Å². The van der Waals surface area contributed by atoms with Crippen molar-refractivity contribution in [2.75, 3.05) is 0 Å². The summed E-state index contributed by atoms with van der Waals surface area (Å²) in [5, 5.41) is 0. The van der Waals surface area contributed by atoms with Crippen molar-refractivity contribution in [1.82, 2.24) is 0 Å².